The van der Waals surface area contributed by atoms with Gasteiger partial charge in [-0.1, -0.05) is 32.9 Å². The summed E-state index contributed by atoms with van der Waals surface area (Å²) in [4.78, 5) is 2.63. The minimum absolute atomic E-state index is 0.357. The van der Waals surface area contributed by atoms with Gasteiger partial charge in [0.1, 0.15) is 5.75 Å². The summed E-state index contributed by atoms with van der Waals surface area (Å²) in [6, 6.07) is 8.24. The zero-order valence-corrected chi connectivity index (χ0v) is 12.5. The molecule has 2 nitrogen and oxygen atoms in total. The van der Waals surface area contributed by atoms with E-state index in [0.717, 1.165) is 6.42 Å². The van der Waals surface area contributed by atoms with Gasteiger partial charge in [0, 0.05) is 6.04 Å². The van der Waals surface area contributed by atoms with Crippen LogP contribution < -0.4 is 0 Å². The Morgan fingerprint density at radius 2 is 1.84 bits per heavy atom. The Bertz CT molecular complexity index is 396. The van der Waals surface area contributed by atoms with Crippen molar-refractivity contribution in [3.05, 3.63) is 29.8 Å². The van der Waals surface area contributed by atoms with Gasteiger partial charge >= 0.3 is 0 Å². The van der Waals surface area contributed by atoms with Crippen molar-refractivity contribution in [3.63, 3.8) is 0 Å². The molecule has 1 aromatic rings. The van der Waals surface area contributed by atoms with Crippen LogP contribution in [0.25, 0.3) is 0 Å². The molecule has 2 heteroatoms. The van der Waals surface area contributed by atoms with E-state index in [1.165, 1.54) is 37.9 Å². The fraction of sp³-hybridized carbons (Fsp3) is 0.647. The second-order valence-electron chi connectivity index (χ2n) is 6.57. The maximum absolute atomic E-state index is 9.42. The molecule has 1 unspecified atom stereocenters. The number of likely N-dealkylation sites (tertiary alicyclic amines) is 1. The highest BCUT2D eigenvalue weighted by molar-refractivity contribution is 5.28. The molecule has 1 fully saturated rings. The van der Waals surface area contributed by atoms with Crippen LogP contribution in [0.3, 0.4) is 0 Å². The molecule has 0 aliphatic carbocycles. The summed E-state index contributed by atoms with van der Waals surface area (Å²) in [5.41, 5.74) is 1.82. The van der Waals surface area contributed by atoms with Crippen LogP contribution >= 0.6 is 0 Å². The number of hydrogen-bond acceptors (Lipinski definition) is 2. The third-order valence-electron chi connectivity index (χ3n) is 4.48. The average Bonchev–Trinajstić information content (AvgIpc) is 2.54. The van der Waals surface area contributed by atoms with Gasteiger partial charge in [-0.3, -0.25) is 4.90 Å². The summed E-state index contributed by atoms with van der Waals surface area (Å²) < 4.78 is 0. The Morgan fingerprint density at radius 3 is 2.47 bits per heavy atom. The zero-order valence-electron chi connectivity index (χ0n) is 12.5. The predicted octanol–water partition coefficient (Wildman–Crippen LogP) is 4.36. The first kappa shape index (κ1) is 14.4. The van der Waals surface area contributed by atoms with Crippen LogP contribution in [0.5, 0.6) is 5.75 Å². The van der Waals surface area contributed by atoms with Gasteiger partial charge in [0.05, 0.1) is 0 Å². The van der Waals surface area contributed by atoms with Crippen LogP contribution in [-0.2, 0) is 0 Å². The quantitative estimate of drug-likeness (QED) is 0.874. The predicted molar refractivity (Wildman–Crippen MR) is 80.3 cm³/mol. The first-order valence-electron chi connectivity index (χ1n) is 7.55. The number of phenols is 1. The van der Waals surface area contributed by atoms with Gasteiger partial charge in [0.2, 0.25) is 0 Å². The Labute approximate surface area is 117 Å². The summed E-state index contributed by atoms with van der Waals surface area (Å²) in [6.45, 7) is 9.42. The molecule has 0 amide bonds. The van der Waals surface area contributed by atoms with Crippen LogP contribution in [0.15, 0.2) is 24.3 Å². The van der Waals surface area contributed by atoms with E-state index >= 15 is 0 Å². The van der Waals surface area contributed by atoms with Crippen LogP contribution in [0.1, 0.15) is 58.1 Å². The SMILES string of the molecule is CCC(c1ccc(O)cc1)N1CCCC(C)(C)CC1. The number of aromatic hydroxyl groups is 1. The molecule has 0 radical (unpaired) electrons. The van der Waals surface area contributed by atoms with E-state index in [2.05, 4.69) is 37.8 Å². The fourth-order valence-electron chi connectivity index (χ4n) is 3.16. The molecule has 2 rings (SSSR count). The van der Waals surface area contributed by atoms with Gasteiger partial charge in [-0.05, 0) is 61.9 Å². The summed E-state index contributed by atoms with van der Waals surface area (Å²) in [6.07, 6.45) is 5.03. The van der Waals surface area contributed by atoms with Gasteiger partial charge in [-0.25, -0.2) is 0 Å². The van der Waals surface area contributed by atoms with E-state index in [-0.39, 0.29) is 0 Å². The maximum atomic E-state index is 9.42. The normalized spacial score (nSPS) is 21.8. The standard InChI is InChI=1S/C17H27NO/c1-4-16(14-6-8-15(19)9-7-14)18-12-5-10-17(2,3)11-13-18/h6-9,16,19H,4-5,10-13H2,1-3H3. The number of phenolic OH excluding ortho intramolecular Hbond substituents is 1. The zero-order chi connectivity index (χ0) is 13.9. The molecule has 19 heavy (non-hydrogen) atoms. The number of benzene rings is 1. The molecule has 1 aliphatic heterocycles. The van der Waals surface area contributed by atoms with Gasteiger partial charge in [-0.15, -0.1) is 0 Å². The maximum Gasteiger partial charge on any atom is 0.115 e. The monoisotopic (exact) mass is 261 g/mol. The Morgan fingerprint density at radius 1 is 1.16 bits per heavy atom. The van der Waals surface area contributed by atoms with E-state index in [0.29, 0.717) is 17.2 Å². The topological polar surface area (TPSA) is 23.5 Å². The second kappa shape index (κ2) is 5.96. The van der Waals surface area contributed by atoms with Gasteiger partial charge in [-0.2, -0.15) is 0 Å². The van der Waals surface area contributed by atoms with Crippen molar-refractivity contribution in [1.29, 1.82) is 0 Å². The Hall–Kier alpha value is -1.02. The molecule has 0 saturated carbocycles. The molecular formula is C17H27NO. The van der Waals surface area contributed by atoms with Crippen molar-refractivity contribution in [2.75, 3.05) is 13.1 Å². The van der Waals surface area contributed by atoms with E-state index in [9.17, 15) is 5.11 Å². The largest absolute Gasteiger partial charge is 0.508 e. The third-order valence-corrected chi connectivity index (χ3v) is 4.48. The van der Waals surface area contributed by atoms with Crippen LogP contribution in [0.4, 0.5) is 0 Å². The summed E-state index contributed by atoms with van der Waals surface area (Å²) in [5.74, 6) is 0.357. The molecular weight excluding hydrogens is 234 g/mol. The molecule has 0 bridgehead atoms. The van der Waals surface area contributed by atoms with E-state index in [1.807, 2.05) is 0 Å². The van der Waals surface area contributed by atoms with Crippen molar-refractivity contribution < 1.29 is 5.11 Å². The van der Waals surface area contributed by atoms with Crippen molar-refractivity contribution in [3.8, 4) is 5.75 Å². The first-order valence-corrected chi connectivity index (χ1v) is 7.55. The highest BCUT2D eigenvalue weighted by atomic mass is 16.3. The van der Waals surface area contributed by atoms with Crippen LogP contribution in [-0.4, -0.2) is 23.1 Å². The Balaban J connectivity index is 2.11. The third kappa shape index (κ3) is 3.73. The molecule has 1 saturated heterocycles. The van der Waals surface area contributed by atoms with Crippen molar-refractivity contribution >= 4 is 0 Å². The van der Waals surface area contributed by atoms with E-state index in [1.54, 1.807) is 12.1 Å². The second-order valence-corrected chi connectivity index (χ2v) is 6.57. The number of nitrogens with zero attached hydrogens (tertiary/aromatic N) is 1. The van der Waals surface area contributed by atoms with Gasteiger partial charge in [0.15, 0.2) is 0 Å². The number of rotatable bonds is 3. The van der Waals surface area contributed by atoms with E-state index in [4.69, 9.17) is 0 Å². The number of hydrogen-bond donors (Lipinski definition) is 1. The first-order chi connectivity index (χ1) is 9.02. The molecule has 106 valence electrons. The highest BCUT2D eigenvalue weighted by Gasteiger charge is 2.26. The van der Waals surface area contributed by atoms with Gasteiger partial charge in [0.25, 0.3) is 0 Å². The molecule has 1 aliphatic rings. The Kier molecular flexibility index (Phi) is 4.51. The lowest BCUT2D eigenvalue weighted by molar-refractivity contribution is 0.191. The van der Waals surface area contributed by atoms with Crippen LogP contribution in [0.2, 0.25) is 0 Å². The average molecular weight is 261 g/mol. The fourth-order valence-corrected chi connectivity index (χ4v) is 3.16. The smallest absolute Gasteiger partial charge is 0.115 e. The van der Waals surface area contributed by atoms with E-state index < -0.39 is 0 Å². The molecule has 1 heterocycles. The minimum Gasteiger partial charge on any atom is -0.508 e. The highest BCUT2D eigenvalue weighted by Crippen LogP contribution is 2.34. The van der Waals surface area contributed by atoms with Crippen LogP contribution in [0, 0.1) is 5.41 Å². The lowest BCUT2D eigenvalue weighted by Crippen LogP contribution is -2.30. The van der Waals surface area contributed by atoms with Gasteiger partial charge < -0.3 is 5.11 Å². The molecule has 0 aromatic heterocycles. The van der Waals surface area contributed by atoms with Crippen molar-refractivity contribution in [2.45, 2.75) is 52.5 Å². The molecule has 1 N–H and O–H groups in total. The molecule has 1 atom stereocenters. The summed E-state index contributed by atoms with van der Waals surface area (Å²) in [5, 5.41) is 9.42. The lowest BCUT2D eigenvalue weighted by Gasteiger charge is -2.31. The lowest BCUT2D eigenvalue weighted by atomic mass is 9.85. The van der Waals surface area contributed by atoms with Crippen molar-refractivity contribution in [2.24, 2.45) is 5.41 Å². The summed E-state index contributed by atoms with van der Waals surface area (Å²) >= 11 is 0. The summed E-state index contributed by atoms with van der Waals surface area (Å²) in [7, 11) is 0. The molecule has 0 spiro atoms. The minimum atomic E-state index is 0.357. The van der Waals surface area contributed by atoms with Crippen molar-refractivity contribution in [1.82, 2.24) is 4.90 Å². The molecule has 1 aromatic carbocycles.